The lowest BCUT2D eigenvalue weighted by Crippen LogP contribution is -2.41. The molecule has 0 aliphatic carbocycles. The van der Waals surface area contributed by atoms with Crippen molar-refractivity contribution in [2.24, 2.45) is 0 Å². The van der Waals surface area contributed by atoms with E-state index in [-0.39, 0.29) is 17.4 Å². The second kappa shape index (κ2) is 11.3. The van der Waals surface area contributed by atoms with E-state index in [0.29, 0.717) is 31.5 Å². The molecule has 3 rings (SSSR count). The number of rotatable bonds is 10. The molecule has 0 saturated heterocycles. The number of H-pyrrole nitrogens is 1. The predicted octanol–water partition coefficient (Wildman–Crippen LogP) is 4.03. The van der Waals surface area contributed by atoms with Crippen LogP contribution in [0, 0.1) is 6.92 Å². The Labute approximate surface area is 200 Å². The maximum atomic E-state index is 13.4. The molecule has 0 radical (unpaired) electrons. The summed E-state index contributed by atoms with van der Waals surface area (Å²) >= 11 is 3.27. The molecule has 10 heteroatoms. The molecule has 176 valence electrons. The molecule has 3 N–H and O–H groups in total. The highest BCUT2D eigenvalue weighted by Crippen LogP contribution is 2.26. The average Bonchev–Trinajstić information content (AvgIpc) is 3.22. The summed E-state index contributed by atoms with van der Waals surface area (Å²) in [6, 6.07) is 7.34. The topological polar surface area (TPSA) is 114 Å². The van der Waals surface area contributed by atoms with E-state index in [1.165, 1.54) is 9.47 Å². The zero-order valence-corrected chi connectivity index (χ0v) is 20.7. The van der Waals surface area contributed by atoms with E-state index in [1.54, 1.807) is 35.2 Å². The summed E-state index contributed by atoms with van der Waals surface area (Å²) in [7, 11) is 0. The molecule has 0 bridgehead atoms. The Kier molecular flexibility index (Phi) is 8.51. The largest absolute Gasteiger partial charge is 0.383 e. The predicted molar refractivity (Wildman–Crippen MR) is 135 cm³/mol. The molecule has 0 unspecified atom stereocenters. The van der Waals surface area contributed by atoms with Gasteiger partial charge in [-0.15, -0.1) is 11.3 Å². The fourth-order valence-electron chi connectivity index (χ4n) is 3.36. The number of thiazole rings is 1. The van der Waals surface area contributed by atoms with E-state index >= 15 is 0 Å². The van der Waals surface area contributed by atoms with Crippen LogP contribution in [0.5, 0.6) is 0 Å². The van der Waals surface area contributed by atoms with Gasteiger partial charge in [-0.1, -0.05) is 44.2 Å². The first-order valence-corrected chi connectivity index (χ1v) is 12.8. The quantitative estimate of drug-likeness (QED) is 0.417. The highest BCUT2D eigenvalue weighted by atomic mass is 32.2. The van der Waals surface area contributed by atoms with Crippen molar-refractivity contribution in [3.05, 3.63) is 67.3 Å². The van der Waals surface area contributed by atoms with E-state index in [9.17, 15) is 14.4 Å². The maximum Gasteiger partial charge on any atom is 0.330 e. The van der Waals surface area contributed by atoms with Crippen LogP contribution in [0.25, 0.3) is 0 Å². The number of hydrogen-bond acceptors (Lipinski definition) is 7. The summed E-state index contributed by atoms with van der Waals surface area (Å²) in [6.45, 7) is 6.57. The molecule has 0 aliphatic heterocycles. The number of carbonyl (C=O) groups excluding carboxylic acids is 1. The van der Waals surface area contributed by atoms with Crippen molar-refractivity contribution in [3.8, 4) is 0 Å². The second-order valence-corrected chi connectivity index (χ2v) is 9.78. The van der Waals surface area contributed by atoms with Crippen LogP contribution in [0.2, 0.25) is 0 Å². The van der Waals surface area contributed by atoms with Gasteiger partial charge in [0.2, 0.25) is 0 Å². The summed E-state index contributed by atoms with van der Waals surface area (Å²) in [6.07, 6.45) is 2.20. The van der Waals surface area contributed by atoms with Crippen molar-refractivity contribution >= 4 is 40.5 Å². The first-order chi connectivity index (χ1) is 15.8. The highest BCUT2D eigenvalue weighted by molar-refractivity contribution is 8.00. The fraction of sp³-hybridized carbons (Fsp3) is 0.391. The molecule has 33 heavy (non-hydrogen) atoms. The number of nitrogen functional groups attached to an aromatic ring is 1. The number of nitrogens with two attached hydrogens (primary N) is 1. The normalized spacial score (nSPS) is 11.0. The van der Waals surface area contributed by atoms with Gasteiger partial charge < -0.3 is 10.6 Å². The van der Waals surface area contributed by atoms with E-state index in [2.05, 4.69) is 9.97 Å². The summed E-state index contributed by atoms with van der Waals surface area (Å²) in [5, 5.41) is 2.02. The van der Waals surface area contributed by atoms with Crippen LogP contribution in [0.4, 0.5) is 11.5 Å². The number of aromatic amines is 1. The second-order valence-electron chi connectivity index (χ2n) is 7.70. The van der Waals surface area contributed by atoms with Crippen molar-refractivity contribution < 1.29 is 4.79 Å². The van der Waals surface area contributed by atoms with Crippen LogP contribution >= 0.6 is 23.1 Å². The Morgan fingerprint density at radius 2 is 1.94 bits per heavy atom. The number of aryl methyl sites for hydroxylation is 1. The zero-order chi connectivity index (χ0) is 24.0. The third kappa shape index (κ3) is 5.94. The minimum Gasteiger partial charge on any atom is -0.383 e. The molecule has 1 amide bonds. The Morgan fingerprint density at radius 1 is 1.21 bits per heavy atom. The molecule has 8 nitrogen and oxygen atoms in total. The lowest BCUT2D eigenvalue weighted by atomic mass is 10.1. The molecule has 2 heterocycles. The van der Waals surface area contributed by atoms with Crippen LogP contribution in [0.3, 0.4) is 0 Å². The molecule has 0 spiro atoms. The van der Waals surface area contributed by atoms with E-state index < -0.39 is 11.2 Å². The van der Waals surface area contributed by atoms with Gasteiger partial charge in [0.05, 0.1) is 0 Å². The molecular formula is C23H29N5O3S2. The molecule has 2 aromatic heterocycles. The van der Waals surface area contributed by atoms with Gasteiger partial charge in [0.1, 0.15) is 10.2 Å². The Balaban J connectivity index is 1.87. The smallest absolute Gasteiger partial charge is 0.330 e. The number of benzene rings is 1. The van der Waals surface area contributed by atoms with Crippen molar-refractivity contribution in [3.63, 3.8) is 0 Å². The van der Waals surface area contributed by atoms with E-state index in [0.717, 1.165) is 27.8 Å². The zero-order valence-electron chi connectivity index (χ0n) is 19.1. The maximum absolute atomic E-state index is 13.4. The third-order valence-corrected chi connectivity index (χ3v) is 7.28. The Bertz CT molecular complexity index is 1210. The first kappa shape index (κ1) is 24.8. The molecule has 1 aromatic carbocycles. The van der Waals surface area contributed by atoms with Crippen LogP contribution in [0.1, 0.15) is 54.7 Å². The average molecular weight is 488 g/mol. The van der Waals surface area contributed by atoms with Gasteiger partial charge in [0.25, 0.3) is 11.5 Å². The van der Waals surface area contributed by atoms with E-state index in [4.69, 9.17) is 5.73 Å². The molecule has 0 saturated carbocycles. The number of nitrogens with zero attached hydrogens (tertiary/aromatic N) is 3. The first-order valence-electron chi connectivity index (χ1n) is 10.9. The van der Waals surface area contributed by atoms with Crippen molar-refractivity contribution in [1.82, 2.24) is 14.5 Å². The lowest BCUT2D eigenvalue weighted by molar-refractivity contribution is 0.0986. The van der Waals surface area contributed by atoms with Gasteiger partial charge in [-0.05, 0) is 37.5 Å². The third-order valence-electron chi connectivity index (χ3n) is 5.07. The summed E-state index contributed by atoms with van der Waals surface area (Å²) in [4.78, 5) is 46.5. The SMILES string of the molecule is CCCCN(C(=O)c1ccc(CSc2nc(C)cs2)cc1)c1c(N)n(CCC)c(=O)[nH]c1=O. The standard InChI is InChI=1S/C23H29N5O3S2/c1-4-6-12-27(18-19(24)28(11-5-2)22(31)26-20(18)29)21(30)17-9-7-16(8-10-17)14-33-23-25-15(3)13-32-23/h7-10,13H,4-6,11-12,14,24H2,1-3H3,(H,26,29,31). The number of amides is 1. The number of nitrogens with one attached hydrogen (secondary N) is 1. The van der Waals surface area contributed by atoms with Crippen molar-refractivity contribution in [1.29, 1.82) is 0 Å². The summed E-state index contributed by atoms with van der Waals surface area (Å²) in [5.41, 5.74) is 7.56. The molecular weight excluding hydrogens is 458 g/mol. The van der Waals surface area contributed by atoms with Gasteiger partial charge in [0.15, 0.2) is 5.69 Å². The number of aromatic nitrogens is 3. The summed E-state index contributed by atoms with van der Waals surface area (Å²) < 4.78 is 2.32. The highest BCUT2D eigenvalue weighted by Gasteiger charge is 2.24. The minimum atomic E-state index is -0.652. The van der Waals surface area contributed by atoms with Crippen LogP contribution in [0.15, 0.2) is 43.6 Å². The van der Waals surface area contributed by atoms with Gasteiger partial charge >= 0.3 is 5.69 Å². The van der Waals surface area contributed by atoms with Crippen molar-refractivity contribution in [2.75, 3.05) is 17.2 Å². The molecule has 0 fully saturated rings. The minimum absolute atomic E-state index is 0.0156. The van der Waals surface area contributed by atoms with Crippen LogP contribution in [-0.2, 0) is 12.3 Å². The van der Waals surface area contributed by atoms with Crippen LogP contribution in [-0.4, -0.2) is 27.0 Å². The molecule has 3 aromatic rings. The summed E-state index contributed by atoms with van der Waals surface area (Å²) in [5.74, 6) is 0.439. The number of carbonyl (C=O) groups is 1. The molecule has 0 atom stereocenters. The van der Waals surface area contributed by atoms with Crippen molar-refractivity contribution in [2.45, 2.75) is 56.7 Å². The van der Waals surface area contributed by atoms with Gasteiger partial charge in [-0.2, -0.15) is 0 Å². The monoisotopic (exact) mass is 487 g/mol. The fourth-order valence-corrected chi connectivity index (χ4v) is 5.16. The van der Waals surface area contributed by atoms with Crippen LogP contribution < -0.4 is 21.9 Å². The lowest BCUT2D eigenvalue weighted by Gasteiger charge is -2.24. The van der Waals surface area contributed by atoms with Gasteiger partial charge in [0, 0.05) is 35.5 Å². The number of unbranched alkanes of at least 4 members (excludes halogenated alkanes) is 1. The van der Waals surface area contributed by atoms with Gasteiger partial charge in [-0.25, -0.2) is 9.78 Å². The number of anilines is 2. The Morgan fingerprint density at radius 3 is 2.55 bits per heavy atom. The molecule has 0 aliphatic rings. The number of hydrogen-bond donors (Lipinski definition) is 2. The van der Waals surface area contributed by atoms with E-state index in [1.807, 2.05) is 38.3 Å². The number of thioether (sulfide) groups is 1. The van der Waals surface area contributed by atoms with Gasteiger partial charge in [-0.3, -0.25) is 19.1 Å². The Hall–Kier alpha value is -2.85.